The van der Waals surface area contributed by atoms with Crippen LogP contribution in [-0.2, 0) is 6.42 Å². The molecule has 0 spiro atoms. The Hall–Kier alpha value is -2.17. The van der Waals surface area contributed by atoms with E-state index in [4.69, 9.17) is 0 Å². The quantitative estimate of drug-likeness (QED) is 0.784. The predicted molar refractivity (Wildman–Crippen MR) is 61.2 cm³/mol. The Bertz CT molecular complexity index is 582. The van der Waals surface area contributed by atoms with Crippen molar-refractivity contribution in [2.75, 3.05) is 0 Å². The van der Waals surface area contributed by atoms with Crippen molar-refractivity contribution < 1.29 is 13.6 Å². The van der Waals surface area contributed by atoms with Crippen LogP contribution in [0.4, 0.5) is 8.78 Å². The molecule has 1 aromatic carbocycles. The maximum Gasteiger partial charge on any atom is 0.204 e. The summed E-state index contributed by atoms with van der Waals surface area (Å²) in [7, 11) is 0. The van der Waals surface area contributed by atoms with Crippen LogP contribution in [0.2, 0.25) is 0 Å². The molecule has 0 radical (unpaired) electrons. The Morgan fingerprint density at radius 2 is 1.89 bits per heavy atom. The fraction of sp³-hybridized carbons (Fsp3) is 0.154. The Morgan fingerprint density at radius 3 is 2.50 bits per heavy atom. The third kappa shape index (κ3) is 2.74. The van der Waals surface area contributed by atoms with Crippen molar-refractivity contribution in [1.29, 1.82) is 0 Å². The van der Waals surface area contributed by atoms with Crippen molar-refractivity contribution in [2.24, 2.45) is 0 Å². The molecule has 0 N–H and O–H groups in total. The number of aryl methyl sites for hydroxylation is 1. The first-order chi connectivity index (χ1) is 8.56. The van der Waals surface area contributed by atoms with Gasteiger partial charge in [0.15, 0.2) is 5.82 Å². The first-order valence-corrected chi connectivity index (χ1v) is 5.32. The molecule has 0 amide bonds. The van der Waals surface area contributed by atoms with Crippen LogP contribution in [0, 0.1) is 18.6 Å². The van der Waals surface area contributed by atoms with Crippen molar-refractivity contribution in [2.45, 2.75) is 13.3 Å². The van der Waals surface area contributed by atoms with Crippen LogP contribution in [0.5, 0.6) is 0 Å². The number of Topliss-reactive ketones (excluding diaryl/α,β-unsaturated/α-hetero) is 1. The van der Waals surface area contributed by atoms with E-state index in [0.717, 1.165) is 17.7 Å². The first-order valence-electron chi connectivity index (χ1n) is 5.32. The molecule has 0 saturated carbocycles. The van der Waals surface area contributed by atoms with E-state index < -0.39 is 17.4 Å². The van der Waals surface area contributed by atoms with Crippen molar-refractivity contribution in [1.82, 2.24) is 9.97 Å². The molecule has 0 aliphatic rings. The molecular weight excluding hydrogens is 238 g/mol. The summed E-state index contributed by atoms with van der Waals surface area (Å²) in [4.78, 5) is 19.5. The van der Waals surface area contributed by atoms with Crippen LogP contribution in [-0.4, -0.2) is 15.8 Å². The molecule has 0 unspecified atom stereocenters. The monoisotopic (exact) mass is 248 g/mol. The fourth-order valence-electron chi connectivity index (χ4n) is 1.45. The number of carbonyl (C=O) groups is 1. The van der Waals surface area contributed by atoms with Gasteiger partial charge in [-0.3, -0.25) is 4.79 Å². The van der Waals surface area contributed by atoms with Crippen molar-refractivity contribution >= 4 is 5.78 Å². The fourth-order valence-corrected chi connectivity index (χ4v) is 1.45. The lowest BCUT2D eigenvalue weighted by atomic mass is 10.1. The number of halogens is 2. The standard InChI is InChI=1S/C13H10F2N2O/c1-8-6-16-13(17-7-8)12(18)4-9-2-3-10(14)5-11(9)15/h2-3,5-7H,4H2,1H3. The predicted octanol–water partition coefficient (Wildman–Crippen LogP) is 2.49. The highest BCUT2D eigenvalue weighted by atomic mass is 19.1. The lowest BCUT2D eigenvalue weighted by molar-refractivity contribution is 0.0981. The molecule has 0 saturated heterocycles. The maximum atomic E-state index is 13.4. The summed E-state index contributed by atoms with van der Waals surface area (Å²) in [6, 6.07) is 3.11. The van der Waals surface area contributed by atoms with Gasteiger partial charge in [0.25, 0.3) is 0 Å². The molecule has 0 atom stereocenters. The van der Waals surface area contributed by atoms with Crippen molar-refractivity contribution in [3.63, 3.8) is 0 Å². The van der Waals surface area contributed by atoms with Gasteiger partial charge in [0.2, 0.25) is 5.78 Å². The van der Waals surface area contributed by atoms with Crippen molar-refractivity contribution in [3.05, 3.63) is 59.2 Å². The van der Waals surface area contributed by atoms with Gasteiger partial charge in [-0.05, 0) is 24.1 Å². The minimum atomic E-state index is -0.740. The molecule has 18 heavy (non-hydrogen) atoms. The molecule has 2 aromatic rings. The number of carbonyl (C=O) groups excluding carboxylic acids is 1. The molecule has 1 heterocycles. The maximum absolute atomic E-state index is 13.4. The van der Waals surface area contributed by atoms with Gasteiger partial charge in [0.1, 0.15) is 11.6 Å². The summed E-state index contributed by atoms with van der Waals surface area (Å²) in [5, 5.41) is 0. The number of aromatic nitrogens is 2. The van der Waals surface area contributed by atoms with E-state index in [1.165, 1.54) is 18.5 Å². The highest BCUT2D eigenvalue weighted by molar-refractivity contribution is 5.94. The van der Waals surface area contributed by atoms with Gasteiger partial charge in [-0.2, -0.15) is 0 Å². The lowest BCUT2D eigenvalue weighted by Crippen LogP contribution is -2.09. The van der Waals surface area contributed by atoms with Gasteiger partial charge in [0, 0.05) is 24.9 Å². The molecule has 1 aromatic heterocycles. The second-order valence-electron chi connectivity index (χ2n) is 3.92. The smallest absolute Gasteiger partial charge is 0.204 e. The Kier molecular flexibility index (Phi) is 3.41. The molecule has 5 heteroatoms. The van der Waals surface area contributed by atoms with E-state index in [-0.39, 0.29) is 17.8 Å². The molecule has 0 bridgehead atoms. The third-order valence-electron chi connectivity index (χ3n) is 2.40. The van der Waals surface area contributed by atoms with E-state index in [1.807, 2.05) is 0 Å². The second kappa shape index (κ2) is 5.00. The molecule has 0 fully saturated rings. The lowest BCUT2D eigenvalue weighted by Gasteiger charge is -2.02. The Balaban J connectivity index is 2.18. The van der Waals surface area contributed by atoms with E-state index in [0.29, 0.717) is 0 Å². The largest absolute Gasteiger partial charge is 0.290 e. The highest BCUT2D eigenvalue weighted by Crippen LogP contribution is 2.11. The van der Waals surface area contributed by atoms with Crippen LogP contribution >= 0.6 is 0 Å². The second-order valence-corrected chi connectivity index (χ2v) is 3.92. The number of ketones is 1. The minimum Gasteiger partial charge on any atom is -0.290 e. The molecule has 2 rings (SSSR count). The molecule has 0 aliphatic heterocycles. The van der Waals surface area contributed by atoms with Gasteiger partial charge in [-0.15, -0.1) is 0 Å². The van der Waals surface area contributed by atoms with Gasteiger partial charge < -0.3 is 0 Å². The zero-order valence-electron chi connectivity index (χ0n) is 9.65. The zero-order chi connectivity index (χ0) is 13.1. The summed E-state index contributed by atoms with van der Waals surface area (Å²) < 4.78 is 26.1. The summed E-state index contributed by atoms with van der Waals surface area (Å²) in [5.74, 6) is -1.78. The first kappa shape index (κ1) is 12.3. The molecular formula is C13H10F2N2O. The van der Waals surface area contributed by atoms with Crippen LogP contribution in [0.1, 0.15) is 21.7 Å². The van der Waals surface area contributed by atoms with Crippen LogP contribution in [0.15, 0.2) is 30.6 Å². The number of benzene rings is 1. The van der Waals surface area contributed by atoms with E-state index in [1.54, 1.807) is 6.92 Å². The minimum absolute atomic E-state index is 0.0318. The van der Waals surface area contributed by atoms with Gasteiger partial charge in [-0.25, -0.2) is 18.7 Å². The Labute approximate surface area is 103 Å². The summed E-state index contributed by atoms with van der Waals surface area (Å²) in [5.41, 5.74) is 0.963. The number of rotatable bonds is 3. The van der Waals surface area contributed by atoms with Gasteiger partial charge in [0.05, 0.1) is 0 Å². The third-order valence-corrected chi connectivity index (χ3v) is 2.40. The highest BCUT2D eigenvalue weighted by Gasteiger charge is 2.13. The average Bonchev–Trinajstić information content (AvgIpc) is 2.33. The topological polar surface area (TPSA) is 42.9 Å². The van der Waals surface area contributed by atoms with Gasteiger partial charge >= 0.3 is 0 Å². The van der Waals surface area contributed by atoms with Gasteiger partial charge in [-0.1, -0.05) is 6.07 Å². The van der Waals surface area contributed by atoms with Crippen LogP contribution in [0.25, 0.3) is 0 Å². The number of hydrogen-bond donors (Lipinski definition) is 0. The summed E-state index contributed by atoms with van der Waals surface area (Å²) >= 11 is 0. The van der Waals surface area contributed by atoms with Crippen molar-refractivity contribution in [3.8, 4) is 0 Å². The summed E-state index contributed by atoms with van der Waals surface area (Å²) in [6.45, 7) is 1.80. The van der Waals surface area contributed by atoms with Crippen LogP contribution < -0.4 is 0 Å². The molecule has 0 aliphatic carbocycles. The number of hydrogen-bond acceptors (Lipinski definition) is 3. The van der Waals surface area contributed by atoms with E-state index in [9.17, 15) is 13.6 Å². The van der Waals surface area contributed by atoms with Crippen LogP contribution in [0.3, 0.4) is 0 Å². The summed E-state index contributed by atoms with van der Waals surface area (Å²) in [6.07, 6.45) is 2.84. The average molecular weight is 248 g/mol. The SMILES string of the molecule is Cc1cnc(C(=O)Cc2ccc(F)cc2F)nc1. The van der Waals surface area contributed by atoms with E-state index >= 15 is 0 Å². The zero-order valence-corrected chi connectivity index (χ0v) is 9.65. The normalized spacial score (nSPS) is 10.4. The van der Waals surface area contributed by atoms with E-state index in [2.05, 4.69) is 9.97 Å². The molecule has 3 nitrogen and oxygen atoms in total. The molecule has 92 valence electrons. The number of nitrogens with zero attached hydrogens (tertiary/aromatic N) is 2. The Morgan fingerprint density at radius 1 is 1.22 bits per heavy atom.